The summed E-state index contributed by atoms with van der Waals surface area (Å²) in [5.74, 6) is -4.72. The first-order valence-corrected chi connectivity index (χ1v) is 9.74. The number of alkyl halides is 3. The normalized spacial score (nSPS) is 16.5. The van der Waals surface area contributed by atoms with Crippen LogP contribution in [0, 0.1) is 5.82 Å². The number of aromatic carboxylic acids is 1. The van der Waals surface area contributed by atoms with E-state index in [0.29, 0.717) is 31.7 Å². The van der Waals surface area contributed by atoms with Crippen molar-refractivity contribution in [2.45, 2.75) is 32.6 Å². The van der Waals surface area contributed by atoms with Crippen LogP contribution in [0.3, 0.4) is 0 Å². The van der Waals surface area contributed by atoms with Crippen LogP contribution < -0.4 is 15.6 Å². The lowest BCUT2D eigenvalue weighted by Crippen LogP contribution is -2.49. The number of aromatic nitrogens is 1. The molecule has 0 spiro atoms. The number of carbonyl (C=O) groups is 2. The zero-order chi connectivity index (χ0) is 24.4. The number of rotatable bonds is 3. The molecule has 2 heterocycles. The van der Waals surface area contributed by atoms with Crippen LogP contribution in [0.1, 0.15) is 24.2 Å². The van der Waals surface area contributed by atoms with E-state index in [2.05, 4.69) is 5.32 Å². The fraction of sp³-hybridized carbons (Fsp3) is 0.421. The molecular formula is C19H20ClF4N3O5. The number of carboxylic acids is 2. The molecule has 1 aliphatic rings. The number of hydrogen-bond donors (Lipinski definition) is 3. The highest BCUT2D eigenvalue weighted by Gasteiger charge is 2.38. The molecule has 176 valence electrons. The number of anilines is 1. The van der Waals surface area contributed by atoms with Gasteiger partial charge in [0.1, 0.15) is 11.4 Å². The van der Waals surface area contributed by atoms with E-state index in [1.807, 2.05) is 18.7 Å². The monoisotopic (exact) mass is 481 g/mol. The zero-order valence-corrected chi connectivity index (χ0v) is 17.7. The van der Waals surface area contributed by atoms with Gasteiger partial charge in [-0.2, -0.15) is 13.2 Å². The van der Waals surface area contributed by atoms with Crippen molar-refractivity contribution >= 4 is 40.1 Å². The number of halogens is 5. The summed E-state index contributed by atoms with van der Waals surface area (Å²) in [6.07, 6.45) is -3.82. The van der Waals surface area contributed by atoms with Crippen molar-refractivity contribution in [2.24, 2.45) is 0 Å². The van der Waals surface area contributed by atoms with Crippen molar-refractivity contribution in [3.8, 4) is 0 Å². The Morgan fingerprint density at radius 3 is 2.38 bits per heavy atom. The van der Waals surface area contributed by atoms with Gasteiger partial charge < -0.3 is 25.0 Å². The van der Waals surface area contributed by atoms with Crippen LogP contribution in [0.25, 0.3) is 10.9 Å². The Bertz CT molecular complexity index is 1100. The lowest BCUT2D eigenvalue weighted by atomic mass is 10.1. The smallest absolute Gasteiger partial charge is 0.477 e. The van der Waals surface area contributed by atoms with Crippen molar-refractivity contribution in [1.29, 1.82) is 0 Å². The molecule has 3 N–H and O–H groups in total. The Hall–Kier alpha value is -2.86. The number of aliphatic carboxylic acids is 1. The van der Waals surface area contributed by atoms with Crippen LogP contribution in [0.2, 0.25) is 5.02 Å². The van der Waals surface area contributed by atoms with Crippen molar-refractivity contribution in [2.75, 3.05) is 24.5 Å². The minimum absolute atomic E-state index is 0.0174. The summed E-state index contributed by atoms with van der Waals surface area (Å²) in [6.45, 7) is 6.09. The molecular weight excluding hydrogens is 462 g/mol. The lowest BCUT2D eigenvalue weighted by Gasteiger charge is -2.34. The Morgan fingerprint density at radius 2 is 1.91 bits per heavy atom. The van der Waals surface area contributed by atoms with Crippen molar-refractivity contribution < 1.29 is 37.4 Å². The molecule has 0 saturated carbocycles. The fourth-order valence-corrected chi connectivity index (χ4v) is 3.72. The first-order chi connectivity index (χ1) is 14.8. The Kier molecular flexibility index (Phi) is 7.73. The maximum Gasteiger partial charge on any atom is 0.490 e. The van der Waals surface area contributed by atoms with Crippen LogP contribution in [-0.2, 0) is 11.3 Å². The van der Waals surface area contributed by atoms with Gasteiger partial charge in [0, 0.05) is 38.4 Å². The molecule has 1 aromatic carbocycles. The summed E-state index contributed by atoms with van der Waals surface area (Å²) in [7, 11) is 0. The van der Waals surface area contributed by atoms with E-state index >= 15 is 0 Å². The predicted molar refractivity (Wildman–Crippen MR) is 109 cm³/mol. The second kappa shape index (κ2) is 9.74. The van der Waals surface area contributed by atoms with Gasteiger partial charge in [-0.3, -0.25) is 4.79 Å². The highest BCUT2D eigenvalue weighted by molar-refractivity contribution is 6.38. The van der Waals surface area contributed by atoms with Crippen LogP contribution in [0.15, 0.2) is 17.1 Å². The third-order valence-corrected chi connectivity index (χ3v) is 5.09. The number of nitrogens with zero attached hydrogens (tertiary/aromatic N) is 2. The Morgan fingerprint density at radius 1 is 1.31 bits per heavy atom. The van der Waals surface area contributed by atoms with E-state index in [-0.39, 0.29) is 22.1 Å². The second-order valence-corrected chi connectivity index (χ2v) is 7.36. The molecule has 1 aliphatic heterocycles. The number of piperazine rings is 1. The molecule has 2 aromatic rings. The Balaban J connectivity index is 0.000000451. The summed E-state index contributed by atoms with van der Waals surface area (Å²) < 4.78 is 48.1. The second-order valence-electron chi connectivity index (χ2n) is 6.98. The molecule has 1 unspecified atom stereocenters. The van der Waals surface area contributed by atoms with Crippen LogP contribution in [-0.4, -0.2) is 58.6 Å². The summed E-state index contributed by atoms with van der Waals surface area (Å²) in [5, 5.41) is 19.7. The number of hydrogen-bond acceptors (Lipinski definition) is 5. The van der Waals surface area contributed by atoms with Gasteiger partial charge in [-0.25, -0.2) is 14.0 Å². The lowest BCUT2D eigenvalue weighted by molar-refractivity contribution is -0.192. The quantitative estimate of drug-likeness (QED) is 0.578. The summed E-state index contributed by atoms with van der Waals surface area (Å²) >= 11 is 6.51. The van der Waals surface area contributed by atoms with Gasteiger partial charge in [0.25, 0.3) is 0 Å². The molecule has 1 saturated heterocycles. The topological polar surface area (TPSA) is 112 Å². The largest absolute Gasteiger partial charge is 0.490 e. The molecule has 0 amide bonds. The Labute approximate surface area is 184 Å². The van der Waals surface area contributed by atoms with Gasteiger partial charge in [0.15, 0.2) is 0 Å². The van der Waals surface area contributed by atoms with Crippen LogP contribution in [0.4, 0.5) is 23.2 Å². The standard InChI is InChI=1S/C17H19ClFN3O3.C2HF3O2/c1-3-21-8-11(17(24)25)16(23)10-6-12(19)15(13(18)14(10)21)22-5-4-20-9(2)7-22;3-2(4,5)1(6)7/h6,8-9,20H,3-5,7H2,1-2H3,(H,24,25);(H,6,7). The van der Waals surface area contributed by atoms with Crippen molar-refractivity contribution in [1.82, 2.24) is 9.88 Å². The molecule has 8 nitrogen and oxygen atoms in total. The first-order valence-electron chi connectivity index (χ1n) is 9.36. The van der Waals surface area contributed by atoms with Gasteiger partial charge >= 0.3 is 18.1 Å². The third-order valence-electron chi connectivity index (χ3n) is 4.73. The zero-order valence-electron chi connectivity index (χ0n) is 17.0. The molecule has 32 heavy (non-hydrogen) atoms. The van der Waals surface area contributed by atoms with E-state index in [4.69, 9.17) is 21.5 Å². The average molecular weight is 482 g/mol. The molecule has 1 atom stereocenters. The van der Waals surface area contributed by atoms with Gasteiger partial charge in [0.2, 0.25) is 5.43 Å². The summed E-state index contributed by atoms with van der Waals surface area (Å²) in [4.78, 5) is 34.5. The van der Waals surface area contributed by atoms with Crippen molar-refractivity contribution in [3.05, 3.63) is 38.9 Å². The van der Waals surface area contributed by atoms with E-state index in [0.717, 1.165) is 6.07 Å². The molecule has 1 fully saturated rings. The number of nitrogens with one attached hydrogen (secondary N) is 1. The van der Waals surface area contributed by atoms with Crippen LogP contribution >= 0.6 is 11.6 Å². The molecule has 0 radical (unpaired) electrons. The molecule has 0 aliphatic carbocycles. The minimum Gasteiger partial charge on any atom is -0.477 e. The van der Waals surface area contributed by atoms with Gasteiger partial charge in [-0.15, -0.1) is 0 Å². The molecule has 0 bridgehead atoms. The SMILES string of the molecule is CCn1cc(C(=O)O)c(=O)c2cc(F)c(N3CCNC(C)C3)c(Cl)c21.O=C(O)C(F)(F)F. The van der Waals surface area contributed by atoms with Gasteiger partial charge in [0.05, 0.1) is 21.6 Å². The average Bonchev–Trinajstić information content (AvgIpc) is 2.68. The number of fused-ring (bicyclic) bond motifs is 1. The molecule has 3 rings (SSSR count). The summed E-state index contributed by atoms with van der Waals surface area (Å²) in [5.41, 5.74) is -0.504. The van der Waals surface area contributed by atoms with Crippen LogP contribution in [0.5, 0.6) is 0 Å². The molecule has 1 aromatic heterocycles. The summed E-state index contributed by atoms with van der Waals surface area (Å²) in [6, 6.07) is 1.28. The van der Waals surface area contributed by atoms with E-state index in [9.17, 15) is 32.3 Å². The van der Waals surface area contributed by atoms with Gasteiger partial charge in [-0.1, -0.05) is 11.6 Å². The highest BCUT2D eigenvalue weighted by Crippen LogP contribution is 2.36. The highest BCUT2D eigenvalue weighted by atomic mass is 35.5. The number of benzene rings is 1. The maximum absolute atomic E-state index is 14.8. The van der Waals surface area contributed by atoms with E-state index in [1.165, 1.54) is 6.20 Å². The number of carboxylic acid groups (broad SMARTS) is 2. The van der Waals surface area contributed by atoms with Gasteiger partial charge in [-0.05, 0) is 19.9 Å². The fourth-order valence-electron chi connectivity index (χ4n) is 3.30. The van der Waals surface area contributed by atoms with E-state index < -0.39 is 34.9 Å². The third kappa shape index (κ3) is 5.30. The van der Waals surface area contributed by atoms with Crippen molar-refractivity contribution in [3.63, 3.8) is 0 Å². The predicted octanol–water partition coefficient (Wildman–Crippen LogP) is 2.94. The first kappa shape index (κ1) is 25.4. The molecule has 13 heteroatoms. The number of pyridine rings is 1. The maximum atomic E-state index is 14.8. The number of aryl methyl sites for hydroxylation is 1. The minimum atomic E-state index is -5.08. The van der Waals surface area contributed by atoms with E-state index in [1.54, 1.807) is 4.57 Å².